The second-order valence-electron chi connectivity index (χ2n) is 11.3. The average molecular weight is 434 g/mol. The van der Waals surface area contributed by atoms with Crippen LogP contribution < -0.4 is 5.32 Å². The SMILES string of the molecule is CC[C@@]1(c2cccc([C@@H]3CCOC(C)(C)C3)c2)C2=CN=NC2NC2=C1C(=O)CC(C)(C)C2. The molecule has 5 rings (SSSR count). The Balaban J connectivity index is 1.65. The van der Waals surface area contributed by atoms with Crippen molar-refractivity contribution in [1.29, 1.82) is 0 Å². The molecule has 3 heterocycles. The molecule has 0 bridgehead atoms. The lowest BCUT2D eigenvalue weighted by atomic mass is 9.58. The van der Waals surface area contributed by atoms with E-state index in [2.05, 4.69) is 74.4 Å². The molecule has 5 nitrogen and oxygen atoms in total. The van der Waals surface area contributed by atoms with Crippen molar-refractivity contribution in [2.24, 2.45) is 15.6 Å². The Hall–Kier alpha value is -2.27. The van der Waals surface area contributed by atoms with E-state index in [1.165, 1.54) is 11.1 Å². The van der Waals surface area contributed by atoms with Crippen LogP contribution in [0.3, 0.4) is 0 Å². The third kappa shape index (κ3) is 3.37. The van der Waals surface area contributed by atoms with E-state index in [0.29, 0.717) is 12.3 Å². The van der Waals surface area contributed by atoms with Gasteiger partial charge in [-0.05, 0) is 62.0 Å². The van der Waals surface area contributed by atoms with Crippen LogP contribution in [0.15, 0.2) is 57.5 Å². The first kappa shape index (κ1) is 21.6. The van der Waals surface area contributed by atoms with Crippen molar-refractivity contribution < 1.29 is 9.53 Å². The quantitative estimate of drug-likeness (QED) is 0.643. The van der Waals surface area contributed by atoms with Crippen molar-refractivity contribution >= 4 is 5.78 Å². The van der Waals surface area contributed by atoms with Crippen molar-refractivity contribution in [3.8, 4) is 0 Å². The molecule has 1 fully saturated rings. The van der Waals surface area contributed by atoms with E-state index in [1.807, 2.05) is 6.20 Å². The van der Waals surface area contributed by atoms with Crippen molar-refractivity contribution in [2.75, 3.05) is 6.61 Å². The summed E-state index contributed by atoms with van der Waals surface area (Å²) < 4.78 is 5.97. The zero-order valence-corrected chi connectivity index (χ0v) is 20.0. The topological polar surface area (TPSA) is 63.1 Å². The maximum absolute atomic E-state index is 13.6. The number of ketones is 1. The lowest BCUT2D eigenvalue weighted by molar-refractivity contribution is -0.119. The van der Waals surface area contributed by atoms with Gasteiger partial charge in [-0.3, -0.25) is 4.79 Å². The van der Waals surface area contributed by atoms with Gasteiger partial charge in [-0.2, -0.15) is 10.2 Å². The number of carbonyl (C=O) groups is 1. The molecular formula is C27H35N3O2. The van der Waals surface area contributed by atoms with Gasteiger partial charge in [0.05, 0.1) is 17.2 Å². The number of nitrogens with zero attached hydrogens (tertiary/aromatic N) is 2. The monoisotopic (exact) mass is 433 g/mol. The highest BCUT2D eigenvalue weighted by Gasteiger charge is 2.53. The molecule has 4 aliphatic rings. The van der Waals surface area contributed by atoms with E-state index in [1.54, 1.807) is 0 Å². The van der Waals surface area contributed by atoms with E-state index in [4.69, 9.17) is 4.74 Å². The maximum Gasteiger partial charge on any atom is 0.164 e. The summed E-state index contributed by atoms with van der Waals surface area (Å²) in [5.41, 5.74) is 5.04. The fourth-order valence-electron chi connectivity index (χ4n) is 6.46. The number of Topliss-reactive ketones (excluding diaryl/α,β-unsaturated/α-hetero) is 1. The molecule has 5 heteroatoms. The largest absolute Gasteiger partial charge is 0.376 e. The van der Waals surface area contributed by atoms with Gasteiger partial charge in [0.15, 0.2) is 11.9 Å². The number of allylic oxidation sites excluding steroid dienone is 2. The summed E-state index contributed by atoms with van der Waals surface area (Å²) in [6.07, 6.45) is 6.01. The van der Waals surface area contributed by atoms with Crippen molar-refractivity contribution in [3.63, 3.8) is 0 Å². The van der Waals surface area contributed by atoms with Crippen LogP contribution in [0.1, 0.15) is 83.8 Å². The lowest BCUT2D eigenvalue weighted by Gasteiger charge is -2.48. The number of hydrogen-bond acceptors (Lipinski definition) is 5. The Morgan fingerprint density at radius 1 is 1.19 bits per heavy atom. The number of rotatable bonds is 3. The standard InChI is InChI=1S/C27H35N3O2/c1-6-27(19-9-7-8-17(12-19)18-10-11-32-26(4,5)13-18)20-16-28-30-24(20)29-21-14-25(2,3)15-22(31)23(21)27/h7-9,12,16,18,24,29H,6,10-11,13-15H2,1-5H3/t18-,24?,27-/m1/s1. The first-order valence-corrected chi connectivity index (χ1v) is 12.0. The van der Waals surface area contributed by atoms with Crippen LogP contribution in [0.2, 0.25) is 0 Å². The van der Waals surface area contributed by atoms with Crippen molar-refractivity contribution in [3.05, 3.63) is 58.4 Å². The number of ether oxygens (including phenoxy) is 1. The molecule has 170 valence electrons. The summed E-state index contributed by atoms with van der Waals surface area (Å²) >= 11 is 0. The summed E-state index contributed by atoms with van der Waals surface area (Å²) in [5, 5.41) is 12.3. The van der Waals surface area contributed by atoms with E-state index < -0.39 is 5.41 Å². The first-order valence-electron chi connectivity index (χ1n) is 12.0. The Kier molecular flexibility index (Phi) is 4.97. The van der Waals surface area contributed by atoms with Gasteiger partial charge in [0.2, 0.25) is 0 Å². The fourth-order valence-corrected chi connectivity index (χ4v) is 6.46. The van der Waals surface area contributed by atoms with Crippen LogP contribution in [0.4, 0.5) is 0 Å². The lowest BCUT2D eigenvalue weighted by Crippen LogP contribution is -2.51. The Bertz CT molecular complexity index is 1050. The number of nitrogens with one attached hydrogen (secondary N) is 1. The Morgan fingerprint density at radius 3 is 2.75 bits per heavy atom. The molecule has 0 saturated carbocycles. The zero-order valence-electron chi connectivity index (χ0n) is 20.0. The minimum absolute atomic E-state index is 0.0467. The molecule has 1 N–H and O–H groups in total. The molecule has 1 saturated heterocycles. The van der Waals surface area contributed by atoms with Crippen LogP contribution in [0, 0.1) is 5.41 Å². The number of carbonyl (C=O) groups excluding carboxylic acids is 1. The highest BCUT2D eigenvalue weighted by atomic mass is 16.5. The van der Waals surface area contributed by atoms with Gasteiger partial charge in [-0.1, -0.05) is 45.0 Å². The molecule has 0 amide bonds. The van der Waals surface area contributed by atoms with Crippen molar-refractivity contribution in [2.45, 2.75) is 89.8 Å². The predicted molar refractivity (Wildman–Crippen MR) is 125 cm³/mol. The summed E-state index contributed by atoms with van der Waals surface area (Å²) in [5.74, 6) is 0.723. The first-order chi connectivity index (χ1) is 15.2. The smallest absolute Gasteiger partial charge is 0.164 e. The second-order valence-corrected chi connectivity index (χ2v) is 11.3. The van der Waals surface area contributed by atoms with Crippen LogP contribution in [-0.4, -0.2) is 24.2 Å². The number of fused-ring (bicyclic) bond motifs is 1. The molecule has 3 aliphatic heterocycles. The molecule has 3 atom stereocenters. The summed E-state index contributed by atoms with van der Waals surface area (Å²) in [6, 6.07) is 8.98. The Morgan fingerprint density at radius 2 is 2.00 bits per heavy atom. The van der Waals surface area contributed by atoms with E-state index in [-0.39, 0.29) is 23.0 Å². The summed E-state index contributed by atoms with van der Waals surface area (Å²) in [6.45, 7) is 11.7. The highest BCUT2D eigenvalue weighted by Crippen LogP contribution is 2.54. The van der Waals surface area contributed by atoms with Gasteiger partial charge in [-0.25, -0.2) is 0 Å². The van der Waals surface area contributed by atoms with Gasteiger partial charge in [0, 0.05) is 29.9 Å². The molecule has 1 unspecified atom stereocenters. The van der Waals surface area contributed by atoms with Crippen LogP contribution in [-0.2, 0) is 14.9 Å². The Labute approximate surface area is 191 Å². The molecule has 0 radical (unpaired) electrons. The zero-order chi connectivity index (χ0) is 22.7. The van der Waals surface area contributed by atoms with Crippen LogP contribution in [0.25, 0.3) is 0 Å². The van der Waals surface area contributed by atoms with Gasteiger partial charge in [-0.15, -0.1) is 0 Å². The third-order valence-corrected chi connectivity index (χ3v) is 7.86. The molecule has 0 aromatic heterocycles. The molecule has 1 aromatic carbocycles. The number of hydrogen-bond donors (Lipinski definition) is 1. The van der Waals surface area contributed by atoms with E-state index in [0.717, 1.165) is 49.1 Å². The summed E-state index contributed by atoms with van der Waals surface area (Å²) in [7, 11) is 0. The van der Waals surface area contributed by atoms with E-state index in [9.17, 15) is 4.79 Å². The maximum atomic E-state index is 13.6. The highest BCUT2D eigenvalue weighted by molar-refractivity contribution is 6.01. The molecule has 1 aromatic rings. The van der Waals surface area contributed by atoms with Crippen molar-refractivity contribution in [1.82, 2.24) is 5.32 Å². The number of azo groups is 1. The van der Waals surface area contributed by atoms with Gasteiger partial charge in [0.1, 0.15) is 0 Å². The molecule has 1 aliphatic carbocycles. The second kappa shape index (κ2) is 7.38. The van der Waals surface area contributed by atoms with Gasteiger partial charge < -0.3 is 10.1 Å². The number of benzene rings is 1. The molecule has 0 spiro atoms. The van der Waals surface area contributed by atoms with Gasteiger partial charge in [0.25, 0.3) is 0 Å². The molecule has 32 heavy (non-hydrogen) atoms. The average Bonchev–Trinajstić information content (AvgIpc) is 3.19. The molecular weight excluding hydrogens is 398 g/mol. The van der Waals surface area contributed by atoms with E-state index >= 15 is 0 Å². The third-order valence-electron chi connectivity index (χ3n) is 7.86. The normalized spacial score (nSPS) is 32.8. The van der Waals surface area contributed by atoms with Crippen LogP contribution in [0.5, 0.6) is 0 Å². The summed E-state index contributed by atoms with van der Waals surface area (Å²) in [4.78, 5) is 13.6. The van der Waals surface area contributed by atoms with Gasteiger partial charge >= 0.3 is 0 Å². The predicted octanol–water partition coefficient (Wildman–Crippen LogP) is 5.93. The minimum atomic E-state index is -0.473. The van der Waals surface area contributed by atoms with Crippen LogP contribution >= 0.6 is 0 Å². The fraction of sp³-hybridized carbons (Fsp3) is 0.593. The minimum Gasteiger partial charge on any atom is -0.376 e.